The van der Waals surface area contributed by atoms with E-state index in [1.807, 2.05) is 57.4 Å². The maximum absolute atomic E-state index is 14.0. The van der Waals surface area contributed by atoms with Crippen LogP contribution in [0.3, 0.4) is 0 Å². The number of para-hydroxylation sites is 1. The Labute approximate surface area is 240 Å². The lowest BCUT2D eigenvalue weighted by Gasteiger charge is -2.33. The first-order valence-electron chi connectivity index (χ1n) is 12.6. The number of rotatable bonds is 10. The lowest BCUT2D eigenvalue weighted by atomic mass is 9.98. The number of carbonyl (C=O) groups is 3. The van der Waals surface area contributed by atoms with Gasteiger partial charge in [0.05, 0.1) is 16.8 Å². The molecule has 2 aromatic rings. The first-order chi connectivity index (χ1) is 18.3. The Balaban J connectivity index is 2.58. The van der Waals surface area contributed by atoms with Crippen molar-refractivity contribution in [3.8, 4) is 6.07 Å². The van der Waals surface area contributed by atoms with Crippen molar-refractivity contribution >= 4 is 47.0 Å². The fourth-order valence-corrected chi connectivity index (χ4v) is 4.88. The van der Waals surface area contributed by atoms with Crippen molar-refractivity contribution in [2.75, 3.05) is 23.9 Å². The average molecular weight is 573 g/mol. The number of carbonyl (C=O) groups excluding carboxylic acids is 3. The number of benzene rings is 2. The Morgan fingerprint density at radius 3 is 2.31 bits per heavy atom. The Kier molecular flexibility index (Phi) is 11.7. The third-order valence-corrected chi connectivity index (χ3v) is 6.67. The Bertz CT molecular complexity index is 1200. The van der Waals surface area contributed by atoms with Crippen LogP contribution in [0.4, 0.5) is 10.5 Å². The molecule has 0 aliphatic carbocycles. The van der Waals surface area contributed by atoms with Gasteiger partial charge in [-0.25, -0.2) is 4.79 Å². The second-order valence-electron chi connectivity index (χ2n) is 10.3. The normalized spacial score (nSPS) is 12.6. The summed E-state index contributed by atoms with van der Waals surface area (Å²) in [6.07, 6.45) is 1.42. The highest BCUT2D eigenvalue weighted by Crippen LogP contribution is 2.30. The Hall–Kier alpha value is -3.22. The molecule has 3 amide bonds. The van der Waals surface area contributed by atoms with Crippen molar-refractivity contribution in [2.24, 2.45) is 0 Å². The van der Waals surface area contributed by atoms with Crippen LogP contribution in [0.2, 0.25) is 5.02 Å². The smallest absolute Gasteiger partial charge is 0.408 e. The van der Waals surface area contributed by atoms with Crippen LogP contribution in [0, 0.1) is 32.1 Å². The van der Waals surface area contributed by atoms with Gasteiger partial charge in [-0.05, 0) is 77.2 Å². The Morgan fingerprint density at radius 2 is 1.77 bits per heavy atom. The number of ether oxygens (including phenoxy) is 1. The molecule has 0 heterocycles. The molecule has 0 aromatic heterocycles. The van der Waals surface area contributed by atoms with Gasteiger partial charge >= 0.3 is 6.09 Å². The van der Waals surface area contributed by atoms with Crippen molar-refractivity contribution in [1.29, 1.82) is 5.26 Å². The number of anilines is 1. The number of aryl methyl sites for hydroxylation is 3. The monoisotopic (exact) mass is 572 g/mol. The molecule has 0 aliphatic heterocycles. The summed E-state index contributed by atoms with van der Waals surface area (Å²) in [6, 6.07) is 10.7. The van der Waals surface area contributed by atoms with Crippen molar-refractivity contribution in [1.82, 2.24) is 10.2 Å². The molecule has 2 atom stereocenters. The molecule has 39 heavy (non-hydrogen) atoms. The highest BCUT2D eigenvalue weighted by Gasteiger charge is 2.36. The van der Waals surface area contributed by atoms with Crippen LogP contribution in [0.25, 0.3) is 0 Å². The first kappa shape index (κ1) is 32.0. The van der Waals surface area contributed by atoms with E-state index in [-0.39, 0.29) is 13.0 Å². The minimum atomic E-state index is -1.16. The molecule has 2 unspecified atom stereocenters. The van der Waals surface area contributed by atoms with E-state index in [0.29, 0.717) is 22.0 Å². The van der Waals surface area contributed by atoms with Gasteiger partial charge in [0.15, 0.2) is 0 Å². The van der Waals surface area contributed by atoms with Gasteiger partial charge in [-0.15, -0.1) is 0 Å². The molecule has 0 radical (unpaired) electrons. The van der Waals surface area contributed by atoms with Gasteiger partial charge < -0.3 is 20.3 Å². The molecule has 8 nitrogen and oxygen atoms in total. The van der Waals surface area contributed by atoms with Gasteiger partial charge in [0.2, 0.25) is 5.91 Å². The number of amides is 3. The minimum absolute atomic E-state index is 0.284. The quantitative estimate of drug-likeness (QED) is 0.341. The molecule has 0 spiro atoms. The summed E-state index contributed by atoms with van der Waals surface area (Å²) in [7, 11) is 0. The summed E-state index contributed by atoms with van der Waals surface area (Å²) in [5.74, 6) is -0.529. The van der Waals surface area contributed by atoms with Crippen LogP contribution in [0.5, 0.6) is 0 Å². The maximum atomic E-state index is 14.0. The van der Waals surface area contributed by atoms with Gasteiger partial charge in [-0.2, -0.15) is 17.0 Å². The fourth-order valence-electron chi connectivity index (χ4n) is 4.14. The molecule has 210 valence electrons. The predicted molar refractivity (Wildman–Crippen MR) is 157 cm³/mol. The fraction of sp³-hybridized carbons (Fsp3) is 0.448. The number of alkyl carbamates (subject to hydrolysis) is 1. The summed E-state index contributed by atoms with van der Waals surface area (Å²) in [4.78, 5) is 41.8. The maximum Gasteiger partial charge on any atom is 0.408 e. The number of hydrogen-bond acceptors (Lipinski definition) is 6. The van der Waals surface area contributed by atoms with Gasteiger partial charge in [0, 0.05) is 0 Å². The molecule has 0 bridgehead atoms. The number of nitrogens with zero attached hydrogens (tertiary/aromatic N) is 2. The molecular formula is C29H37ClN4O4S. The molecule has 0 fully saturated rings. The van der Waals surface area contributed by atoms with Crippen molar-refractivity contribution in [2.45, 2.75) is 65.6 Å². The minimum Gasteiger partial charge on any atom is -0.444 e. The van der Waals surface area contributed by atoms with E-state index in [2.05, 4.69) is 10.6 Å². The standard InChI is InChI=1S/C29H37ClN4O4S/c1-18-15-19(2)17-21(16-18)25(26(35)33-24-20(3)9-8-10-22(24)30)34(13-12-31)27(36)23(11-14-39-7)32-28(37)38-29(4,5)6/h8-10,15-17,23,25H,11,13-14H2,1-7H3,(H,32,37)(H,33,35). The molecule has 2 aromatic carbocycles. The summed E-state index contributed by atoms with van der Waals surface area (Å²) < 4.78 is 5.38. The third kappa shape index (κ3) is 9.48. The molecule has 0 saturated carbocycles. The second kappa shape index (κ2) is 14.2. The largest absolute Gasteiger partial charge is 0.444 e. The molecule has 2 N–H and O–H groups in total. The number of nitrogens with one attached hydrogen (secondary N) is 2. The van der Waals surface area contributed by atoms with E-state index in [9.17, 15) is 19.6 Å². The van der Waals surface area contributed by atoms with E-state index >= 15 is 0 Å². The van der Waals surface area contributed by atoms with Crippen LogP contribution in [-0.2, 0) is 14.3 Å². The van der Waals surface area contributed by atoms with Crippen molar-refractivity contribution in [3.05, 3.63) is 63.7 Å². The van der Waals surface area contributed by atoms with Crippen molar-refractivity contribution in [3.63, 3.8) is 0 Å². The zero-order chi connectivity index (χ0) is 29.3. The average Bonchev–Trinajstić information content (AvgIpc) is 2.81. The second-order valence-corrected chi connectivity index (χ2v) is 11.7. The van der Waals surface area contributed by atoms with Crippen molar-refractivity contribution < 1.29 is 19.1 Å². The summed E-state index contributed by atoms with van der Waals surface area (Å²) in [5, 5.41) is 15.6. The van der Waals surface area contributed by atoms with E-state index in [1.165, 1.54) is 16.7 Å². The molecule has 2 rings (SSSR count). The SMILES string of the molecule is CSCCC(NC(=O)OC(C)(C)C)C(=O)N(CC#N)C(C(=O)Nc1c(C)cccc1Cl)c1cc(C)cc(C)c1. The van der Waals surface area contributed by atoms with Crippen LogP contribution < -0.4 is 10.6 Å². The number of hydrogen-bond donors (Lipinski definition) is 2. The first-order valence-corrected chi connectivity index (χ1v) is 14.3. The van der Waals surface area contributed by atoms with Crippen LogP contribution in [0.15, 0.2) is 36.4 Å². The van der Waals surface area contributed by atoms with E-state index < -0.39 is 35.6 Å². The highest BCUT2D eigenvalue weighted by molar-refractivity contribution is 7.98. The molecule has 0 saturated heterocycles. The summed E-state index contributed by atoms with van der Waals surface area (Å²) in [5.41, 5.74) is 2.74. The van der Waals surface area contributed by atoms with Gasteiger partial charge in [0.1, 0.15) is 24.2 Å². The summed E-state index contributed by atoms with van der Waals surface area (Å²) >= 11 is 7.90. The number of halogens is 1. The van der Waals surface area contributed by atoms with E-state index in [0.717, 1.165) is 16.7 Å². The van der Waals surface area contributed by atoms with Crippen LogP contribution in [-0.4, -0.2) is 53.0 Å². The molecular weight excluding hydrogens is 536 g/mol. The lowest BCUT2D eigenvalue weighted by molar-refractivity contribution is -0.140. The lowest BCUT2D eigenvalue weighted by Crippen LogP contribution is -2.52. The summed E-state index contributed by atoms with van der Waals surface area (Å²) in [6.45, 7) is 10.4. The van der Waals surface area contributed by atoms with Crippen LogP contribution >= 0.6 is 23.4 Å². The van der Waals surface area contributed by atoms with E-state index in [1.54, 1.807) is 32.9 Å². The topological polar surface area (TPSA) is 112 Å². The van der Waals surface area contributed by atoms with E-state index in [4.69, 9.17) is 16.3 Å². The number of nitriles is 1. The highest BCUT2D eigenvalue weighted by atomic mass is 35.5. The Morgan fingerprint density at radius 1 is 1.13 bits per heavy atom. The van der Waals surface area contributed by atoms with Gasteiger partial charge in [0.25, 0.3) is 5.91 Å². The zero-order valence-electron chi connectivity index (χ0n) is 23.6. The molecule has 10 heteroatoms. The van der Waals surface area contributed by atoms with Crippen LogP contribution in [0.1, 0.15) is 55.5 Å². The third-order valence-electron chi connectivity index (χ3n) is 5.71. The molecule has 0 aliphatic rings. The van der Waals surface area contributed by atoms with Gasteiger partial charge in [-0.3, -0.25) is 9.59 Å². The zero-order valence-corrected chi connectivity index (χ0v) is 25.1. The van der Waals surface area contributed by atoms with Gasteiger partial charge in [-0.1, -0.05) is 53.1 Å². The number of thioether (sulfide) groups is 1. The predicted octanol–water partition coefficient (Wildman–Crippen LogP) is 5.94.